The number of halogens is 4. The van der Waals surface area contributed by atoms with Crippen LogP contribution in [0.4, 0.5) is 8.78 Å². The molecule has 1 heterocycles. The maximum atomic E-state index is 14.2. The van der Waals surface area contributed by atoms with Gasteiger partial charge in [-0.15, -0.1) is 0 Å². The van der Waals surface area contributed by atoms with Crippen molar-refractivity contribution in [2.45, 2.75) is 4.90 Å². The monoisotopic (exact) mass is 524 g/mol. The van der Waals surface area contributed by atoms with Crippen LogP contribution in [0.3, 0.4) is 0 Å². The Morgan fingerprint density at radius 2 is 1.54 bits per heavy atom. The Kier molecular flexibility index (Phi) is 5.19. The number of nitrogens with two attached hydrogens (primary N) is 1. The highest BCUT2D eigenvalue weighted by atomic mass is 79.9. The van der Waals surface area contributed by atoms with Gasteiger partial charge in [0, 0.05) is 19.9 Å². The average Bonchev–Trinajstić information content (AvgIpc) is 2.85. The minimum absolute atomic E-state index is 0.00171. The van der Waals surface area contributed by atoms with E-state index >= 15 is 0 Å². The van der Waals surface area contributed by atoms with Crippen LogP contribution in [0.15, 0.2) is 54.3 Å². The molecule has 0 amide bonds. The van der Waals surface area contributed by atoms with E-state index < -0.39 is 26.6 Å². The highest BCUT2D eigenvalue weighted by Gasteiger charge is 2.23. The molecule has 3 rings (SSSR count). The zero-order valence-electron chi connectivity index (χ0n) is 12.5. The van der Waals surface area contributed by atoms with E-state index in [1.54, 1.807) is 18.2 Å². The minimum Gasteiger partial charge on any atom is -0.267 e. The van der Waals surface area contributed by atoms with E-state index in [0.29, 0.717) is 14.6 Å². The summed E-state index contributed by atoms with van der Waals surface area (Å²) in [4.78, 5) is 10.7. The molecule has 26 heavy (non-hydrogen) atoms. The lowest BCUT2D eigenvalue weighted by atomic mass is 10.1. The molecule has 0 saturated heterocycles. The fraction of sp³-hybridized carbons (Fsp3) is 0. The standard InChI is InChI=1S/C15H8Br2F2N2O3S2/c16-8-3-9(17)5-10(4-8)21-13(6-25-15(21)22)7-1-11(18)14(12(19)2-7)26(20,23)24/h1-6H,(H2,20,23,24). The van der Waals surface area contributed by atoms with Crippen LogP contribution in [0, 0.1) is 11.6 Å². The number of nitrogens with zero attached hydrogens (tertiary/aromatic N) is 1. The molecule has 2 N–H and O–H groups in total. The van der Waals surface area contributed by atoms with Crippen LogP contribution in [0.25, 0.3) is 16.9 Å². The quantitative estimate of drug-likeness (QED) is 0.560. The summed E-state index contributed by atoms with van der Waals surface area (Å²) >= 11 is 7.47. The SMILES string of the molecule is NS(=O)(=O)c1c(F)cc(-c2csc(=O)n2-c2cc(Br)cc(Br)c2)cc1F. The molecular weight excluding hydrogens is 518 g/mol. The van der Waals surface area contributed by atoms with Crippen molar-refractivity contribution in [1.82, 2.24) is 4.57 Å². The lowest BCUT2D eigenvalue weighted by Gasteiger charge is -2.11. The summed E-state index contributed by atoms with van der Waals surface area (Å²) < 4.78 is 53.6. The second kappa shape index (κ2) is 6.97. The number of hydrogen-bond acceptors (Lipinski definition) is 4. The Bertz CT molecular complexity index is 1150. The van der Waals surface area contributed by atoms with Crippen LogP contribution in [-0.4, -0.2) is 13.0 Å². The Balaban J connectivity index is 2.26. The molecule has 0 spiro atoms. The number of sulfonamides is 1. The lowest BCUT2D eigenvalue weighted by molar-refractivity contribution is 0.520. The zero-order chi connectivity index (χ0) is 19.2. The summed E-state index contributed by atoms with van der Waals surface area (Å²) in [7, 11) is -4.56. The van der Waals surface area contributed by atoms with E-state index in [-0.39, 0.29) is 16.1 Å². The van der Waals surface area contributed by atoms with Gasteiger partial charge in [0.1, 0.15) is 11.6 Å². The number of benzene rings is 2. The summed E-state index contributed by atoms with van der Waals surface area (Å²) in [5.41, 5.74) is 0.675. The third-order valence-electron chi connectivity index (χ3n) is 3.38. The number of aromatic nitrogens is 1. The van der Waals surface area contributed by atoms with Crippen LogP contribution in [-0.2, 0) is 10.0 Å². The first-order chi connectivity index (χ1) is 12.1. The zero-order valence-corrected chi connectivity index (χ0v) is 17.3. The number of hydrogen-bond donors (Lipinski definition) is 1. The maximum absolute atomic E-state index is 14.2. The van der Waals surface area contributed by atoms with Crippen molar-refractivity contribution >= 4 is 53.2 Å². The fourth-order valence-electron chi connectivity index (χ4n) is 2.40. The van der Waals surface area contributed by atoms with E-state index in [4.69, 9.17) is 5.14 Å². The second-order valence-corrected chi connectivity index (χ2v) is 9.31. The summed E-state index contributed by atoms with van der Waals surface area (Å²) in [6, 6.07) is 6.74. The molecule has 0 fully saturated rings. The first-order valence-corrected chi connectivity index (χ1v) is 10.8. The molecule has 3 aromatic rings. The molecule has 0 aliphatic rings. The maximum Gasteiger partial charge on any atom is 0.312 e. The highest BCUT2D eigenvalue weighted by Crippen LogP contribution is 2.30. The van der Waals surface area contributed by atoms with Crippen LogP contribution < -0.4 is 10.0 Å². The molecule has 2 aromatic carbocycles. The van der Waals surface area contributed by atoms with Crippen molar-refractivity contribution in [3.8, 4) is 16.9 Å². The Morgan fingerprint density at radius 3 is 2.04 bits per heavy atom. The molecule has 0 bridgehead atoms. The first-order valence-electron chi connectivity index (χ1n) is 6.77. The predicted octanol–water partition coefficient (Wildman–Crippen LogP) is 4.02. The lowest BCUT2D eigenvalue weighted by Crippen LogP contribution is -2.17. The van der Waals surface area contributed by atoms with Crippen molar-refractivity contribution in [3.63, 3.8) is 0 Å². The van der Waals surface area contributed by atoms with Crippen molar-refractivity contribution in [2.75, 3.05) is 0 Å². The predicted molar refractivity (Wildman–Crippen MR) is 102 cm³/mol. The fourth-order valence-corrected chi connectivity index (χ4v) is 5.09. The number of primary sulfonamides is 1. The normalized spacial score (nSPS) is 11.7. The molecule has 0 unspecified atom stereocenters. The van der Waals surface area contributed by atoms with Gasteiger partial charge in [0.15, 0.2) is 4.90 Å². The van der Waals surface area contributed by atoms with Gasteiger partial charge in [0.2, 0.25) is 10.0 Å². The summed E-state index contributed by atoms with van der Waals surface area (Å²) in [5.74, 6) is -2.66. The van der Waals surface area contributed by atoms with Gasteiger partial charge in [-0.2, -0.15) is 0 Å². The molecule has 5 nitrogen and oxygen atoms in total. The number of rotatable bonds is 3. The largest absolute Gasteiger partial charge is 0.312 e. The van der Waals surface area contributed by atoms with Crippen molar-refractivity contribution < 1.29 is 17.2 Å². The second-order valence-electron chi connectivity index (χ2n) is 5.16. The summed E-state index contributed by atoms with van der Waals surface area (Å²) in [5, 5.41) is 6.27. The van der Waals surface area contributed by atoms with Crippen LogP contribution in [0.2, 0.25) is 0 Å². The summed E-state index contributed by atoms with van der Waals surface area (Å²) in [6.07, 6.45) is 0. The molecule has 1 aromatic heterocycles. The third-order valence-corrected chi connectivity index (χ3v) is 5.98. The minimum atomic E-state index is -4.56. The Morgan fingerprint density at radius 1 is 1.00 bits per heavy atom. The molecule has 136 valence electrons. The third kappa shape index (κ3) is 3.67. The van der Waals surface area contributed by atoms with E-state index in [2.05, 4.69) is 31.9 Å². The Hall–Kier alpha value is -1.40. The van der Waals surface area contributed by atoms with Crippen LogP contribution >= 0.6 is 43.2 Å². The van der Waals surface area contributed by atoms with E-state index in [1.165, 1.54) is 9.95 Å². The Labute approximate surface area is 167 Å². The van der Waals surface area contributed by atoms with Crippen molar-refractivity contribution in [3.05, 3.63) is 66.0 Å². The van der Waals surface area contributed by atoms with E-state index in [1.807, 2.05) is 0 Å². The molecule has 11 heteroatoms. The topological polar surface area (TPSA) is 82.2 Å². The van der Waals surface area contributed by atoms with Gasteiger partial charge >= 0.3 is 4.87 Å². The molecule has 0 radical (unpaired) electrons. The molecule has 0 aliphatic carbocycles. The summed E-state index contributed by atoms with van der Waals surface area (Å²) in [6.45, 7) is 0. The highest BCUT2D eigenvalue weighted by molar-refractivity contribution is 9.11. The van der Waals surface area contributed by atoms with Gasteiger partial charge in [-0.05, 0) is 30.3 Å². The van der Waals surface area contributed by atoms with Gasteiger partial charge in [-0.3, -0.25) is 9.36 Å². The van der Waals surface area contributed by atoms with Crippen LogP contribution in [0.5, 0.6) is 0 Å². The van der Waals surface area contributed by atoms with Gasteiger partial charge in [-0.25, -0.2) is 22.3 Å². The average molecular weight is 526 g/mol. The van der Waals surface area contributed by atoms with E-state index in [9.17, 15) is 22.0 Å². The van der Waals surface area contributed by atoms with Crippen molar-refractivity contribution in [2.24, 2.45) is 5.14 Å². The molecule has 0 atom stereocenters. The smallest absolute Gasteiger partial charge is 0.267 e. The molecular formula is C15H8Br2F2N2O3S2. The molecule has 0 saturated carbocycles. The molecule has 0 aliphatic heterocycles. The van der Waals surface area contributed by atoms with Gasteiger partial charge in [0.05, 0.1) is 11.4 Å². The number of thiazole rings is 1. The van der Waals surface area contributed by atoms with Gasteiger partial charge in [0.25, 0.3) is 0 Å². The van der Waals surface area contributed by atoms with E-state index in [0.717, 1.165) is 23.5 Å². The van der Waals surface area contributed by atoms with Crippen molar-refractivity contribution in [1.29, 1.82) is 0 Å². The van der Waals surface area contributed by atoms with Gasteiger partial charge in [-0.1, -0.05) is 43.2 Å². The van der Waals surface area contributed by atoms with Crippen LogP contribution in [0.1, 0.15) is 0 Å². The van der Waals surface area contributed by atoms with Gasteiger partial charge < -0.3 is 0 Å². The first kappa shape index (κ1) is 19.4.